The van der Waals surface area contributed by atoms with Gasteiger partial charge in [-0.25, -0.2) is 0 Å². The largest absolute Gasteiger partial charge is 0.462 e. The van der Waals surface area contributed by atoms with Crippen molar-refractivity contribution in [3.8, 4) is 0 Å². The van der Waals surface area contributed by atoms with Crippen molar-refractivity contribution in [1.29, 1.82) is 0 Å². The van der Waals surface area contributed by atoms with Crippen molar-refractivity contribution in [2.45, 2.75) is 191 Å². The Morgan fingerprint density at radius 1 is 0.931 bits per heavy atom. The standard InChI is InChI=1S/C54H83NO17/c1-12-30(2)49-33(5)18-19-53(72-49)26-40-23-39(71-53)17-16-32(4)48(69-45-25-43(62-11)50(35(7)67-45)70-44-24-42(61-10)46(34(6)66-44)55-36(8)56)31(3)14-13-15-38-28-65-51-47(57)37(27-64-29-63-21-20-60-9)22-41(52(58)68-40)54(38,51)59/h13-16,18-19,22,30-31,33-35,39-51,57,59H,12,17,20-21,23-29H2,1-11H3,(H,55,56)/b14-13+,32-16+,38-15+/t30-,31-,33-,34-,35-,39+,40-,41-,42-,43-,44-,45-,46+,47+,48-,49+,50-,51+,53+,54+/m0/s1. The number of esters is 1. The zero-order valence-electron chi connectivity index (χ0n) is 44.2. The highest BCUT2D eigenvalue weighted by Gasteiger charge is 2.60. The molecule has 7 aliphatic rings. The number of carbonyl (C=O) groups is 2. The fourth-order valence-corrected chi connectivity index (χ4v) is 11.5. The number of methoxy groups -OCH3 is 3. The van der Waals surface area contributed by atoms with Gasteiger partial charge in [-0.3, -0.25) is 9.59 Å². The first-order valence-electron chi connectivity index (χ1n) is 26.0. The Labute approximate surface area is 426 Å². The molecule has 1 spiro atoms. The predicted molar refractivity (Wildman–Crippen MR) is 262 cm³/mol. The first kappa shape index (κ1) is 56.8. The fraction of sp³-hybridized carbons (Fsp3) is 0.778. The van der Waals surface area contributed by atoms with Gasteiger partial charge in [-0.2, -0.15) is 0 Å². The summed E-state index contributed by atoms with van der Waals surface area (Å²) in [7, 11) is 4.84. The summed E-state index contributed by atoms with van der Waals surface area (Å²) in [4.78, 5) is 26.7. The van der Waals surface area contributed by atoms with E-state index in [9.17, 15) is 19.8 Å². The van der Waals surface area contributed by atoms with Gasteiger partial charge in [0.15, 0.2) is 18.4 Å². The van der Waals surface area contributed by atoms with Crippen molar-refractivity contribution in [2.24, 2.45) is 23.7 Å². The number of hydrogen-bond acceptors (Lipinski definition) is 17. The van der Waals surface area contributed by atoms with Crippen LogP contribution >= 0.6 is 0 Å². The van der Waals surface area contributed by atoms with Crippen LogP contribution < -0.4 is 5.32 Å². The third-order valence-electron chi connectivity index (χ3n) is 15.7. The normalized spacial score (nSPS) is 43.9. The number of rotatable bonds is 16. The molecular weight excluding hydrogens is 935 g/mol. The molecule has 20 atom stereocenters. The van der Waals surface area contributed by atoms with Crippen LogP contribution in [0.4, 0.5) is 0 Å². The molecule has 0 unspecified atom stereocenters. The maximum Gasteiger partial charge on any atom is 0.316 e. The van der Waals surface area contributed by atoms with Gasteiger partial charge in [-0.15, -0.1) is 0 Å². The Balaban J connectivity index is 1.17. The van der Waals surface area contributed by atoms with Crippen molar-refractivity contribution in [2.75, 3.05) is 54.5 Å². The van der Waals surface area contributed by atoms with Crippen molar-refractivity contribution < 1.29 is 81.4 Å². The molecule has 0 radical (unpaired) electrons. The van der Waals surface area contributed by atoms with Crippen molar-refractivity contribution >= 4 is 11.9 Å². The van der Waals surface area contributed by atoms with Crippen LogP contribution in [-0.4, -0.2) is 174 Å². The van der Waals surface area contributed by atoms with E-state index >= 15 is 0 Å². The van der Waals surface area contributed by atoms with Crippen LogP contribution in [0.5, 0.6) is 0 Å². The third kappa shape index (κ3) is 13.0. The Bertz CT molecular complexity index is 1970. The van der Waals surface area contributed by atoms with Crippen LogP contribution in [0.1, 0.15) is 93.9 Å². The highest BCUT2D eigenvalue weighted by atomic mass is 16.7. The van der Waals surface area contributed by atoms with Gasteiger partial charge >= 0.3 is 5.97 Å². The first-order chi connectivity index (χ1) is 34.4. The lowest BCUT2D eigenvalue weighted by Crippen LogP contribution is -2.58. The number of nitrogens with one attached hydrogen (secondary N) is 1. The van der Waals surface area contributed by atoms with E-state index in [0.717, 1.165) is 12.0 Å². The van der Waals surface area contributed by atoms with Crippen LogP contribution in [-0.2, 0) is 71.2 Å². The summed E-state index contributed by atoms with van der Waals surface area (Å²) in [6, 6.07) is -0.326. The van der Waals surface area contributed by atoms with Crippen LogP contribution in [0.2, 0.25) is 0 Å². The molecule has 18 heteroatoms. The lowest BCUT2D eigenvalue weighted by molar-refractivity contribution is -0.311. The van der Waals surface area contributed by atoms with Gasteiger partial charge in [-0.05, 0) is 55.9 Å². The fourth-order valence-electron chi connectivity index (χ4n) is 11.5. The second-order valence-corrected chi connectivity index (χ2v) is 20.9. The van der Waals surface area contributed by atoms with Crippen LogP contribution in [0.3, 0.4) is 0 Å². The molecule has 72 heavy (non-hydrogen) atoms. The van der Waals surface area contributed by atoms with Crippen molar-refractivity contribution in [3.63, 3.8) is 0 Å². The van der Waals surface area contributed by atoms with E-state index in [-0.39, 0.29) is 74.4 Å². The van der Waals surface area contributed by atoms with Crippen molar-refractivity contribution in [3.05, 3.63) is 59.3 Å². The summed E-state index contributed by atoms with van der Waals surface area (Å²) >= 11 is 0. The number of hydrogen-bond donors (Lipinski definition) is 3. The predicted octanol–water partition coefficient (Wildman–Crippen LogP) is 5.14. The molecule has 0 aromatic heterocycles. The quantitative estimate of drug-likeness (QED) is 0.0792. The molecule has 406 valence electrons. The number of fused-ring (bicyclic) bond motifs is 2. The minimum Gasteiger partial charge on any atom is -0.462 e. The minimum absolute atomic E-state index is 0.0414. The molecule has 0 aromatic carbocycles. The van der Waals surface area contributed by atoms with E-state index in [2.05, 4.69) is 38.2 Å². The zero-order chi connectivity index (χ0) is 51.9. The molecule has 4 fully saturated rings. The molecule has 0 aromatic rings. The molecule has 18 nitrogen and oxygen atoms in total. The van der Waals surface area contributed by atoms with E-state index < -0.39 is 84.7 Å². The number of aliphatic hydroxyl groups is 2. The van der Waals surface area contributed by atoms with Gasteiger partial charge < -0.3 is 77.1 Å². The number of carbonyl (C=O) groups excluding carboxylic acids is 2. The molecule has 4 saturated heterocycles. The van der Waals surface area contributed by atoms with E-state index in [1.54, 1.807) is 33.5 Å². The van der Waals surface area contributed by atoms with Crippen LogP contribution in [0, 0.1) is 23.7 Å². The van der Waals surface area contributed by atoms with E-state index in [0.29, 0.717) is 50.0 Å². The van der Waals surface area contributed by atoms with E-state index in [1.807, 2.05) is 45.9 Å². The topological polar surface area (TPSA) is 207 Å². The van der Waals surface area contributed by atoms with Gasteiger partial charge in [-0.1, -0.05) is 70.6 Å². The average molecular weight is 1020 g/mol. The second-order valence-electron chi connectivity index (χ2n) is 20.9. The number of aliphatic hydroxyl groups excluding tert-OH is 1. The second kappa shape index (κ2) is 25.3. The van der Waals surface area contributed by atoms with Gasteiger partial charge in [0.1, 0.15) is 42.7 Å². The lowest BCUT2D eigenvalue weighted by Gasteiger charge is -2.48. The van der Waals surface area contributed by atoms with Crippen molar-refractivity contribution in [1.82, 2.24) is 5.32 Å². The molecular formula is C54H83NO17. The summed E-state index contributed by atoms with van der Waals surface area (Å²) in [6.45, 7) is 16.4. The summed E-state index contributed by atoms with van der Waals surface area (Å²) < 4.78 is 81.1. The summed E-state index contributed by atoms with van der Waals surface area (Å²) in [6.07, 6.45) is 8.50. The molecule has 7 rings (SSSR count). The molecule has 1 aliphatic carbocycles. The van der Waals surface area contributed by atoms with E-state index in [4.69, 9.17) is 61.6 Å². The van der Waals surface area contributed by atoms with Gasteiger partial charge in [0.25, 0.3) is 0 Å². The third-order valence-corrected chi connectivity index (χ3v) is 15.7. The Kier molecular flexibility index (Phi) is 19.9. The number of allylic oxidation sites excluding steroid dienone is 2. The highest BCUT2D eigenvalue weighted by Crippen LogP contribution is 2.47. The molecule has 1 amide bonds. The molecule has 0 saturated carbocycles. The molecule has 6 heterocycles. The summed E-state index contributed by atoms with van der Waals surface area (Å²) in [5, 5.41) is 27.5. The zero-order valence-corrected chi connectivity index (χ0v) is 44.2. The van der Waals surface area contributed by atoms with E-state index in [1.165, 1.54) is 6.92 Å². The number of ether oxygens (including phenoxy) is 13. The summed E-state index contributed by atoms with van der Waals surface area (Å²) in [5.74, 6) is -3.11. The maximum absolute atomic E-state index is 14.7. The Morgan fingerprint density at radius 2 is 1.67 bits per heavy atom. The average Bonchev–Trinajstić information content (AvgIpc) is 3.69. The maximum atomic E-state index is 14.7. The van der Waals surface area contributed by atoms with Crippen LogP contribution in [0.15, 0.2) is 59.3 Å². The summed E-state index contributed by atoms with van der Waals surface area (Å²) in [5.41, 5.74) is -0.238. The SMILES string of the molecule is CC[C@H](C)[C@H]1O[C@]2(C=C[C@@H]1C)C[C@@H]1C[C@@H](C/C=C(\C)[C@@H](O[C@H]3C[C@H](OC)[C@@H](O[C@H]4C[C@H](OC)[C@H](NC(C)=O)[C@H](C)O4)[C@H](C)O3)[C@@H](C)/C=C/C=C3\CO[C@@H]4[C@H](O)C(COCOCCOC)=C[C@@H](C(=O)O1)[C@]34O)O2. The highest BCUT2D eigenvalue weighted by molar-refractivity contribution is 5.78. The first-order valence-corrected chi connectivity index (χ1v) is 26.0. The van der Waals surface area contributed by atoms with Gasteiger partial charge in [0.05, 0.1) is 75.2 Å². The van der Waals surface area contributed by atoms with Gasteiger partial charge in [0.2, 0.25) is 5.91 Å². The Morgan fingerprint density at radius 3 is 2.39 bits per heavy atom. The molecule has 3 N–H and O–H groups in total. The van der Waals surface area contributed by atoms with Gasteiger partial charge in [0, 0.05) is 65.8 Å². The lowest BCUT2D eigenvalue weighted by atomic mass is 9.70. The molecule has 2 bridgehead atoms. The minimum atomic E-state index is -1.95. The molecule has 6 aliphatic heterocycles. The number of amides is 1. The Hall–Kier alpha value is -2.92. The smallest absolute Gasteiger partial charge is 0.316 e. The van der Waals surface area contributed by atoms with Crippen LogP contribution in [0.25, 0.3) is 0 Å². The monoisotopic (exact) mass is 1020 g/mol.